The number of alkyl halides is 3. The van der Waals surface area contributed by atoms with E-state index in [-0.39, 0.29) is 0 Å². The molecule has 5 nitrogen and oxygen atoms in total. The van der Waals surface area contributed by atoms with Crippen molar-refractivity contribution in [2.75, 3.05) is 6.61 Å². The number of rotatable bonds is 3. The van der Waals surface area contributed by atoms with Crippen LogP contribution >= 0.6 is 0 Å². The van der Waals surface area contributed by atoms with Crippen molar-refractivity contribution < 1.29 is 28.0 Å². The summed E-state index contributed by atoms with van der Waals surface area (Å²) in [7, 11) is -2.20. The van der Waals surface area contributed by atoms with Gasteiger partial charge >= 0.3 is 13.3 Å². The van der Waals surface area contributed by atoms with Gasteiger partial charge in [-0.15, -0.1) is 0 Å². The number of aromatic amines is 1. The van der Waals surface area contributed by atoms with Gasteiger partial charge in [0.2, 0.25) is 0 Å². The standard InChI is InChI=1S/C7H7BF3NO4/c9-7(10,11)3-16-4-1-2-12-6(13)5(4)8(14)15/h1-2,14-15H,3H2,(H,12,13). The molecule has 0 aliphatic heterocycles. The highest BCUT2D eigenvalue weighted by Crippen LogP contribution is 2.16. The minimum atomic E-state index is -4.57. The summed E-state index contributed by atoms with van der Waals surface area (Å²) in [6, 6.07) is 1.00. The SMILES string of the molecule is O=c1[nH]ccc(OCC(F)(F)F)c1B(O)O. The summed E-state index contributed by atoms with van der Waals surface area (Å²) in [4.78, 5) is 13.2. The van der Waals surface area contributed by atoms with Crippen LogP contribution in [-0.4, -0.2) is 34.9 Å². The van der Waals surface area contributed by atoms with Crippen LogP contribution in [0, 0.1) is 0 Å². The summed E-state index contributed by atoms with van der Waals surface area (Å²) in [6.07, 6.45) is -3.53. The monoisotopic (exact) mass is 237 g/mol. The minimum Gasteiger partial charge on any atom is -0.484 e. The third kappa shape index (κ3) is 3.28. The fourth-order valence-corrected chi connectivity index (χ4v) is 1.00. The largest absolute Gasteiger partial charge is 0.497 e. The molecular formula is C7H7BF3NO4. The summed E-state index contributed by atoms with van der Waals surface area (Å²) < 4.78 is 39.8. The average molecular weight is 237 g/mol. The number of pyridine rings is 1. The molecule has 0 amide bonds. The maximum atomic E-state index is 11.8. The molecule has 0 fully saturated rings. The Kier molecular flexibility index (Phi) is 3.60. The van der Waals surface area contributed by atoms with Crippen LogP contribution in [-0.2, 0) is 0 Å². The molecule has 88 valence electrons. The van der Waals surface area contributed by atoms with Gasteiger partial charge in [0.25, 0.3) is 5.56 Å². The Hall–Kier alpha value is -1.48. The lowest BCUT2D eigenvalue weighted by Crippen LogP contribution is -2.44. The van der Waals surface area contributed by atoms with Crippen LogP contribution in [0.2, 0.25) is 0 Å². The lowest BCUT2D eigenvalue weighted by molar-refractivity contribution is -0.153. The molecule has 1 rings (SSSR count). The Morgan fingerprint density at radius 1 is 1.44 bits per heavy atom. The number of halogens is 3. The second-order valence-electron chi connectivity index (χ2n) is 2.86. The molecule has 0 saturated heterocycles. The van der Waals surface area contributed by atoms with E-state index in [4.69, 9.17) is 10.0 Å². The van der Waals surface area contributed by atoms with Gasteiger partial charge < -0.3 is 19.8 Å². The predicted molar refractivity (Wildman–Crippen MR) is 48.4 cm³/mol. The predicted octanol–water partition coefficient (Wildman–Crippen LogP) is -1.00. The molecule has 0 spiro atoms. The van der Waals surface area contributed by atoms with Crippen molar-refractivity contribution in [2.45, 2.75) is 6.18 Å². The van der Waals surface area contributed by atoms with Crippen LogP contribution < -0.4 is 15.8 Å². The van der Waals surface area contributed by atoms with E-state index in [1.165, 1.54) is 0 Å². The Bertz CT molecular complexity index is 417. The first-order chi connectivity index (χ1) is 7.31. The van der Waals surface area contributed by atoms with E-state index in [2.05, 4.69) is 9.72 Å². The van der Waals surface area contributed by atoms with Crippen molar-refractivity contribution in [3.8, 4) is 5.75 Å². The molecule has 0 bridgehead atoms. The highest BCUT2D eigenvalue weighted by molar-refractivity contribution is 6.59. The maximum absolute atomic E-state index is 11.8. The zero-order chi connectivity index (χ0) is 12.3. The van der Waals surface area contributed by atoms with Crippen molar-refractivity contribution in [1.82, 2.24) is 4.98 Å². The molecule has 0 unspecified atom stereocenters. The highest BCUT2D eigenvalue weighted by Gasteiger charge is 2.30. The second kappa shape index (κ2) is 4.58. The van der Waals surface area contributed by atoms with Crippen LogP contribution in [0.5, 0.6) is 5.75 Å². The lowest BCUT2D eigenvalue weighted by atomic mass is 9.80. The van der Waals surface area contributed by atoms with Crippen molar-refractivity contribution in [2.24, 2.45) is 0 Å². The zero-order valence-corrected chi connectivity index (χ0v) is 7.78. The molecule has 0 saturated carbocycles. The lowest BCUT2D eigenvalue weighted by Gasteiger charge is -2.11. The van der Waals surface area contributed by atoms with Gasteiger partial charge in [-0.05, 0) is 6.07 Å². The van der Waals surface area contributed by atoms with Crippen LogP contribution in [0.1, 0.15) is 0 Å². The number of hydrogen-bond donors (Lipinski definition) is 3. The topological polar surface area (TPSA) is 82.6 Å². The summed E-state index contributed by atoms with van der Waals surface area (Å²) in [5.41, 5.74) is -1.58. The molecule has 9 heteroatoms. The van der Waals surface area contributed by atoms with E-state index in [1.54, 1.807) is 0 Å². The number of H-pyrrole nitrogens is 1. The Morgan fingerprint density at radius 2 is 2.06 bits per heavy atom. The summed E-state index contributed by atoms with van der Waals surface area (Å²) in [6.45, 7) is -1.61. The normalized spacial score (nSPS) is 11.3. The fourth-order valence-electron chi connectivity index (χ4n) is 1.00. The molecule has 1 aromatic rings. The van der Waals surface area contributed by atoms with E-state index in [1.807, 2.05) is 0 Å². The molecule has 0 atom stereocenters. The smallest absolute Gasteiger partial charge is 0.484 e. The Labute approximate surface area is 87.6 Å². The first kappa shape index (κ1) is 12.6. The van der Waals surface area contributed by atoms with E-state index in [0.29, 0.717) is 0 Å². The minimum absolute atomic E-state index is 0.518. The number of nitrogens with one attached hydrogen (secondary N) is 1. The van der Waals surface area contributed by atoms with Crippen molar-refractivity contribution in [3.63, 3.8) is 0 Å². The Morgan fingerprint density at radius 3 is 2.56 bits per heavy atom. The van der Waals surface area contributed by atoms with Crippen LogP contribution in [0.15, 0.2) is 17.1 Å². The molecule has 1 aromatic heterocycles. The Balaban J connectivity index is 2.96. The van der Waals surface area contributed by atoms with Crippen LogP contribution in [0.25, 0.3) is 0 Å². The first-order valence-electron chi connectivity index (χ1n) is 4.08. The van der Waals surface area contributed by atoms with Crippen molar-refractivity contribution in [1.29, 1.82) is 0 Å². The van der Waals surface area contributed by atoms with E-state index in [0.717, 1.165) is 12.3 Å². The molecule has 0 aromatic carbocycles. The van der Waals surface area contributed by atoms with Gasteiger partial charge in [-0.25, -0.2) is 0 Å². The number of hydrogen-bond acceptors (Lipinski definition) is 4. The van der Waals surface area contributed by atoms with Crippen LogP contribution in [0.4, 0.5) is 13.2 Å². The number of aromatic nitrogens is 1. The molecule has 0 radical (unpaired) electrons. The van der Waals surface area contributed by atoms with Gasteiger partial charge in [0.05, 0.1) is 5.46 Å². The average Bonchev–Trinajstić information content (AvgIpc) is 2.12. The summed E-state index contributed by atoms with van der Waals surface area (Å²) in [5.74, 6) is -0.518. The third-order valence-electron chi connectivity index (χ3n) is 1.61. The van der Waals surface area contributed by atoms with Crippen molar-refractivity contribution in [3.05, 3.63) is 22.6 Å². The fraction of sp³-hybridized carbons (Fsp3) is 0.286. The van der Waals surface area contributed by atoms with Gasteiger partial charge in [0.15, 0.2) is 6.61 Å². The van der Waals surface area contributed by atoms with Crippen LogP contribution in [0.3, 0.4) is 0 Å². The zero-order valence-electron chi connectivity index (χ0n) is 7.78. The van der Waals surface area contributed by atoms with E-state index < -0.39 is 36.7 Å². The summed E-state index contributed by atoms with van der Waals surface area (Å²) in [5, 5.41) is 17.6. The van der Waals surface area contributed by atoms with E-state index in [9.17, 15) is 18.0 Å². The molecule has 1 heterocycles. The second-order valence-corrected chi connectivity index (χ2v) is 2.86. The van der Waals surface area contributed by atoms with Gasteiger partial charge in [-0.2, -0.15) is 13.2 Å². The van der Waals surface area contributed by atoms with Gasteiger partial charge in [0.1, 0.15) is 5.75 Å². The summed E-state index contributed by atoms with van der Waals surface area (Å²) >= 11 is 0. The molecule has 3 N–H and O–H groups in total. The molecule has 0 aliphatic rings. The molecule has 0 aliphatic carbocycles. The number of ether oxygens (including phenoxy) is 1. The quantitative estimate of drug-likeness (QED) is 0.588. The molecular weight excluding hydrogens is 230 g/mol. The first-order valence-corrected chi connectivity index (χ1v) is 4.08. The third-order valence-corrected chi connectivity index (χ3v) is 1.61. The maximum Gasteiger partial charge on any atom is 0.497 e. The van der Waals surface area contributed by atoms with E-state index >= 15 is 0 Å². The van der Waals surface area contributed by atoms with Gasteiger partial charge in [-0.3, -0.25) is 4.79 Å². The van der Waals surface area contributed by atoms with Gasteiger partial charge in [0, 0.05) is 6.20 Å². The molecule has 16 heavy (non-hydrogen) atoms. The van der Waals surface area contributed by atoms with Gasteiger partial charge in [-0.1, -0.05) is 0 Å². The highest BCUT2D eigenvalue weighted by atomic mass is 19.4. The van der Waals surface area contributed by atoms with Crippen molar-refractivity contribution >= 4 is 12.6 Å².